The third-order valence-corrected chi connectivity index (χ3v) is 6.47. The Morgan fingerprint density at radius 2 is 1.81 bits per heavy atom. The first-order chi connectivity index (χ1) is 9.74. The summed E-state index contributed by atoms with van der Waals surface area (Å²) in [5.74, 6) is -0.0681. The summed E-state index contributed by atoms with van der Waals surface area (Å²) in [6, 6.07) is 3.35. The van der Waals surface area contributed by atoms with Crippen LogP contribution < -0.4 is 5.32 Å². The molecule has 1 aromatic carbocycles. The van der Waals surface area contributed by atoms with Crippen molar-refractivity contribution in [1.82, 2.24) is 0 Å². The molecule has 1 aliphatic heterocycles. The van der Waals surface area contributed by atoms with Crippen molar-refractivity contribution in [2.24, 2.45) is 5.41 Å². The van der Waals surface area contributed by atoms with Crippen molar-refractivity contribution in [3.63, 3.8) is 0 Å². The van der Waals surface area contributed by atoms with E-state index in [-0.39, 0.29) is 22.9 Å². The maximum absolute atomic E-state index is 13.1. The highest BCUT2D eigenvalue weighted by Gasteiger charge is 2.44. The molecule has 0 amide bonds. The fraction of sp³-hybridized carbons (Fsp3) is 0.571. The SMILES string of the molecule is O=S1(=O)CC2(CCCC2)CNc2c(C(F)(F)F)cccc21. The molecule has 0 atom stereocenters. The van der Waals surface area contributed by atoms with Gasteiger partial charge < -0.3 is 5.32 Å². The van der Waals surface area contributed by atoms with Gasteiger partial charge in [-0.25, -0.2) is 8.42 Å². The van der Waals surface area contributed by atoms with Gasteiger partial charge in [0.15, 0.2) is 9.84 Å². The highest BCUT2D eigenvalue weighted by Crippen LogP contribution is 2.46. The first-order valence-corrected chi connectivity index (χ1v) is 8.56. The summed E-state index contributed by atoms with van der Waals surface area (Å²) in [6.07, 6.45) is -1.22. The minimum absolute atomic E-state index is 0.0681. The highest BCUT2D eigenvalue weighted by atomic mass is 32.2. The fourth-order valence-electron chi connectivity index (χ4n) is 3.46. The van der Waals surface area contributed by atoms with Crippen molar-refractivity contribution in [3.8, 4) is 0 Å². The van der Waals surface area contributed by atoms with Crippen molar-refractivity contribution in [2.45, 2.75) is 36.8 Å². The largest absolute Gasteiger partial charge is 0.418 e. The molecule has 21 heavy (non-hydrogen) atoms. The standard InChI is InChI=1S/C14H16F3NO2S/c15-14(16,17)10-4-3-5-11-12(10)18-8-13(6-1-2-7-13)9-21(11,19)20/h3-5,18H,1-2,6-9H2. The Bertz CT molecular complexity index is 661. The van der Waals surface area contributed by atoms with Crippen LogP contribution in [0.2, 0.25) is 0 Å². The van der Waals surface area contributed by atoms with Crippen LogP contribution in [-0.2, 0) is 16.0 Å². The molecule has 1 saturated carbocycles. The van der Waals surface area contributed by atoms with E-state index in [1.54, 1.807) is 0 Å². The molecule has 3 nitrogen and oxygen atoms in total. The third-order valence-electron chi connectivity index (χ3n) is 4.47. The summed E-state index contributed by atoms with van der Waals surface area (Å²) in [5.41, 5.74) is -1.62. The lowest BCUT2D eigenvalue weighted by Gasteiger charge is -2.26. The molecule has 116 valence electrons. The molecule has 3 rings (SSSR count). The van der Waals surface area contributed by atoms with Gasteiger partial charge in [-0.3, -0.25) is 0 Å². The molecule has 0 radical (unpaired) electrons. The number of rotatable bonds is 0. The Morgan fingerprint density at radius 1 is 1.14 bits per heavy atom. The quantitative estimate of drug-likeness (QED) is 0.796. The van der Waals surface area contributed by atoms with E-state index >= 15 is 0 Å². The molecule has 1 N–H and O–H groups in total. The van der Waals surface area contributed by atoms with E-state index in [9.17, 15) is 21.6 Å². The van der Waals surface area contributed by atoms with Crippen LogP contribution in [0.1, 0.15) is 31.2 Å². The predicted octanol–water partition coefficient (Wildman–Crippen LogP) is 3.47. The van der Waals surface area contributed by atoms with Crippen LogP contribution in [0.25, 0.3) is 0 Å². The average Bonchev–Trinajstić information content (AvgIpc) is 2.78. The molecule has 0 aromatic heterocycles. The van der Waals surface area contributed by atoms with Gasteiger partial charge in [0, 0.05) is 12.0 Å². The highest BCUT2D eigenvalue weighted by molar-refractivity contribution is 7.91. The van der Waals surface area contributed by atoms with Crippen LogP contribution in [0.5, 0.6) is 0 Å². The van der Waals surface area contributed by atoms with Crippen molar-refractivity contribution in [2.75, 3.05) is 17.6 Å². The second kappa shape index (κ2) is 4.63. The molecule has 0 bridgehead atoms. The number of hydrogen-bond acceptors (Lipinski definition) is 3. The number of sulfone groups is 1. The zero-order chi connectivity index (χ0) is 15.3. The molecule has 0 unspecified atom stereocenters. The number of hydrogen-bond donors (Lipinski definition) is 1. The van der Waals surface area contributed by atoms with E-state index < -0.39 is 27.0 Å². The number of anilines is 1. The molecule has 1 aromatic rings. The summed E-state index contributed by atoms with van der Waals surface area (Å²) in [4.78, 5) is -0.221. The number of para-hydroxylation sites is 1. The van der Waals surface area contributed by atoms with Gasteiger partial charge in [0.1, 0.15) is 0 Å². The lowest BCUT2D eigenvalue weighted by atomic mass is 9.88. The first kappa shape index (κ1) is 14.7. The number of fused-ring (bicyclic) bond motifs is 1. The van der Waals surface area contributed by atoms with Gasteiger partial charge in [-0.05, 0) is 25.0 Å². The molecule has 0 saturated heterocycles. The Morgan fingerprint density at radius 3 is 2.43 bits per heavy atom. The number of alkyl halides is 3. The second-order valence-electron chi connectivity index (χ2n) is 6.00. The van der Waals surface area contributed by atoms with E-state index in [4.69, 9.17) is 0 Å². The average molecular weight is 319 g/mol. The number of benzene rings is 1. The van der Waals surface area contributed by atoms with E-state index in [1.165, 1.54) is 6.07 Å². The Balaban J connectivity index is 2.14. The smallest absolute Gasteiger partial charge is 0.383 e. The minimum Gasteiger partial charge on any atom is -0.383 e. The van der Waals surface area contributed by atoms with Crippen molar-refractivity contribution in [1.29, 1.82) is 0 Å². The maximum atomic E-state index is 13.1. The summed E-state index contributed by atoms with van der Waals surface area (Å²) in [7, 11) is -3.72. The normalized spacial score (nSPS) is 23.4. The van der Waals surface area contributed by atoms with Crippen LogP contribution in [0.3, 0.4) is 0 Å². The van der Waals surface area contributed by atoms with Crippen LogP contribution in [0.15, 0.2) is 23.1 Å². The molecule has 1 fully saturated rings. The van der Waals surface area contributed by atoms with Gasteiger partial charge in [-0.1, -0.05) is 18.9 Å². The lowest BCUT2D eigenvalue weighted by molar-refractivity contribution is -0.137. The van der Waals surface area contributed by atoms with Crippen molar-refractivity contribution < 1.29 is 21.6 Å². The van der Waals surface area contributed by atoms with Crippen LogP contribution in [-0.4, -0.2) is 20.7 Å². The van der Waals surface area contributed by atoms with E-state index in [1.807, 2.05) is 0 Å². The first-order valence-electron chi connectivity index (χ1n) is 6.90. The van der Waals surface area contributed by atoms with Gasteiger partial charge in [0.25, 0.3) is 0 Å². The summed E-state index contributed by atoms with van der Waals surface area (Å²) in [5, 5.41) is 2.79. The Labute approximate surface area is 121 Å². The molecular weight excluding hydrogens is 303 g/mol. The number of halogens is 3. The van der Waals surface area contributed by atoms with Crippen LogP contribution in [0.4, 0.5) is 18.9 Å². The second-order valence-corrected chi connectivity index (χ2v) is 7.95. The Kier molecular flexibility index (Phi) is 3.24. The molecule has 2 aliphatic rings. The van der Waals surface area contributed by atoms with E-state index in [0.717, 1.165) is 37.8 Å². The molecule has 1 aliphatic carbocycles. The van der Waals surface area contributed by atoms with Crippen molar-refractivity contribution in [3.05, 3.63) is 23.8 Å². The van der Waals surface area contributed by atoms with E-state index in [2.05, 4.69) is 5.32 Å². The molecule has 7 heteroatoms. The van der Waals surface area contributed by atoms with Crippen LogP contribution in [0, 0.1) is 5.41 Å². The number of nitrogens with one attached hydrogen (secondary N) is 1. The summed E-state index contributed by atoms with van der Waals surface area (Å²) in [6.45, 7) is 0.284. The van der Waals surface area contributed by atoms with Gasteiger partial charge in [-0.15, -0.1) is 0 Å². The molecule has 1 spiro atoms. The Hall–Kier alpha value is -1.24. The van der Waals surface area contributed by atoms with Crippen LogP contribution >= 0.6 is 0 Å². The zero-order valence-electron chi connectivity index (χ0n) is 11.3. The van der Waals surface area contributed by atoms with Gasteiger partial charge in [-0.2, -0.15) is 13.2 Å². The van der Waals surface area contributed by atoms with Gasteiger partial charge in [0.05, 0.1) is 21.9 Å². The summed E-state index contributed by atoms with van der Waals surface area (Å²) < 4.78 is 64.3. The maximum Gasteiger partial charge on any atom is 0.418 e. The van der Waals surface area contributed by atoms with Gasteiger partial charge >= 0.3 is 6.18 Å². The summed E-state index contributed by atoms with van der Waals surface area (Å²) >= 11 is 0. The monoisotopic (exact) mass is 319 g/mol. The minimum atomic E-state index is -4.57. The fourth-order valence-corrected chi connectivity index (χ4v) is 5.59. The molecule has 1 heterocycles. The van der Waals surface area contributed by atoms with Crippen molar-refractivity contribution >= 4 is 15.5 Å². The third kappa shape index (κ3) is 2.52. The molecular formula is C14H16F3NO2S. The van der Waals surface area contributed by atoms with E-state index in [0.29, 0.717) is 0 Å². The lowest BCUT2D eigenvalue weighted by Crippen LogP contribution is -2.31. The predicted molar refractivity (Wildman–Crippen MR) is 72.9 cm³/mol. The topological polar surface area (TPSA) is 46.2 Å². The van der Waals surface area contributed by atoms with Gasteiger partial charge in [0.2, 0.25) is 0 Å². The zero-order valence-corrected chi connectivity index (χ0v) is 12.1.